The minimum absolute atomic E-state index is 0.116. The van der Waals surface area contributed by atoms with Gasteiger partial charge in [0.15, 0.2) is 0 Å². The molecule has 0 spiro atoms. The van der Waals surface area contributed by atoms with Crippen LogP contribution in [0.1, 0.15) is 22.5 Å². The molecule has 2 aliphatic rings. The third kappa shape index (κ3) is 12.0. The number of anilines is 1. The van der Waals surface area contributed by atoms with Gasteiger partial charge in [-0.15, -0.1) is 0 Å². The summed E-state index contributed by atoms with van der Waals surface area (Å²) in [5.74, 6) is 8.83. The number of para-hydroxylation sites is 1. The molecule has 8 rings (SSSR count). The molecule has 2 aliphatic heterocycles. The number of aromatic nitrogens is 3. The third-order valence-electron chi connectivity index (χ3n) is 10.3. The number of aryl methyl sites for hydroxylation is 1. The van der Waals surface area contributed by atoms with Crippen LogP contribution in [0.25, 0.3) is 22.5 Å². The topological polar surface area (TPSA) is 134 Å². The van der Waals surface area contributed by atoms with E-state index in [9.17, 15) is 4.79 Å². The highest BCUT2D eigenvalue weighted by Gasteiger charge is 2.18. The monoisotopic (exact) mass is 850 g/mol. The van der Waals surface area contributed by atoms with Crippen LogP contribution >= 0.6 is 0 Å². The summed E-state index contributed by atoms with van der Waals surface area (Å²) in [6, 6.07) is 36.6. The van der Waals surface area contributed by atoms with Crippen molar-refractivity contribution >= 4 is 5.69 Å². The van der Waals surface area contributed by atoms with Crippen LogP contribution in [0.5, 0.6) is 23.1 Å². The van der Waals surface area contributed by atoms with Gasteiger partial charge in [-0.25, -0.2) is 9.97 Å². The number of methoxy groups -OCH3 is 1. The van der Waals surface area contributed by atoms with E-state index in [1.807, 2.05) is 110 Å². The summed E-state index contributed by atoms with van der Waals surface area (Å²) >= 11 is 0. The van der Waals surface area contributed by atoms with Gasteiger partial charge in [-0.3, -0.25) is 4.79 Å². The quantitative estimate of drug-likeness (QED) is 0.101. The normalized spacial score (nSPS) is 16.0. The maximum absolute atomic E-state index is 13.1. The predicted octanol–water partition coefficient (Wildman–Crippen LogP) is 6.97. The molecule has 0 radical (unpaired) electrons. The number of benzene rings is 3. The zero-order chi connectivity index (χ0) is 43.2. The zero-order valence-electron chi connectivity index (χ0n) is 35.4. The second kappa shape index (κ2) is 21.4. The summed E-state index contributed by atoms with van der Waals surface area (Å²) in [6.45, 7) is 7.03. The molecule has 0 bridgehead atoms. The third-order valence-corrected chi connectivity index (χ3v) is 10.3. The lowest BCUT2D eigenvalue weighted by Crippen LogP contribution is -2.33. The number of hydrogen-bond acceptors (Lipinski definition) is 12. The van der Waals surface area contributed by atoms with Crippen molar-refractivity contribution in [2.24, 2.45) is 0 Å². The molecule has 5 heterocycles. The first-order chi connectivity index (χ1) is 31.0. The van der Waals surface area contributed by atoms with Crippen molar-refractivity contribution < 1.29 is 37.9 Å². The molecule has 1 N–H and O–H groups in total. The van der Waals surface area contributed by atoms with Crippen molar-refractivity contribution in [1.82, 2.24) is 14.5 Å². The van der Waals surface area contributed by atoms with Crippen LogP contribution in [0.4, 0.5) is 5.69 Å². The van der Waals surface area contributed by atoms with E-state index in [1.54, 1.807) is 17.7 Å². The van der Waals surface area contributed by atoms with Crippen LogP contribution < -0.4 is 29.8 Å². The van der Waals surface area contributed by atoms with Gasteiger partial charge in [0.25, 0.3) is 5.56 Å². The summed E-state index contributed by atoms with van der Waals surface area (Å²) < 4.78 is 47.5. The molecule has 324 valence electrons. The Labute approximate surface area is 366 Å². The lowest BCUT2D eigenvalue weighted by molar-refractivity contribution is -0.101. The second-order valence-corrected chi connectivity index (χ2v) is 15.0. The summed E-state index contributed by atoms with van der Waals surface area (Å²) in [6.07, 6.45) is -0.256. The van der Waals surface area contributed by atoms with E-state index in [0.29, 0.717) is 94.8 Å². The highest BCUT2D eigenvalue weighted by Crippen LogP contribution is 2.29. The molecular formula is C50H50N4O9. The molecule has 13 nitrogen and oxygen atoms in total. The molecule has 63 heavy (non-hydrogen) atoms. The Morgan fingerprint density at radius 3 is 2.21 bits per heavy atom. The summed E-state index contributed by atoms with van der Waals surface area (Å²) in [5, 5.41) is 3.47. The molecule has 0 unspecified atom stereocenters. The average Bonchev–Trinajstić information content (AvgIpc) is 3.33. The minimum atomic E-state index is -0.139. The molecule has 0 saturated carbocycles. The van der Waals surface area contributed by atoms with Gasteiger partial charge < -0.3 is 47.8 Å². The summed E-state index contributed by atoms with van der Waals surface area (Å²) in [4.78, 5) is 22.6. The van der Waals surface area contributed by atoms with Crippen LogP contribution in [0.3, 0.4) is 0 Å². The highest BCUT2D eigenvalue weighted by molar-refractivity contribution is 5.75. The maximum atomic E-state index is 13.1. The number of hydrogen-bond donors (Lipinski definition) is 1. The smallest absolute Gasteiger partial charge is 0.254 e. The molecule has 0 aliphatic carbocycles. The van der Waals surface area contributed by atoms with E-state index < -0.39 is 0 Å². The standard InChI is InChI=1S/C50H50N4O9/c1-35-24-41(62-33-43-31-57-20-22-59-43)28-50(55)54(35)29-37-9-5-8-36(25-37)10-7-19-51-46-13-4-3-12-45(46)47-14-6-11-39(52-47)30-61-40-17-15-38(16-18-40)48-26-42(27-49(53-48)56-2)63-34-44-32-58-21-23-60-44/h3-6,8-9,11-18,24-28,43-44,51H,19-23,29-34H2,1-2H3/t43-,44-/m1/s1. The maximum Gasteiger partial charge on any atom is 0.254 e. The first kappa shape index (κ1) is 43.0. The molecule has 13 heteroatoms. The van der Waals surface area contributed by atoms with Crippen molar-refractivity contribution in [3.8, 4) is 57.5 Å². The first-order valence-corrected chi connectivity index (χ1v) is 21.0. The van der Waals surface area contributed by atoms with E-state index in [1.165, 1.54) is 6.07 Å². The summed E-state index contributed by atoms with van der Waals surface area (Å²) in [7, 11) is 1.58. The molecule has 3 aromatic heterocycles. The Balaban J connectivity index is 0.850. The van der Waals surface area contributed by atoms with Crippen molar-refractivity contribution in [2.45, 2.75) is 32.3 Å². The van der Waals surface area contributed by atoms with Gasteiger partial charge in [0, 0.05) is 46.3 Å². The first-order valence-electron chi connectivity index (χ1n) is 21.0. The van der Waals surface area contributed by atoms with Gasteiger partial charge in [-0.05, 0) is 73.2 Å². The van der Waals surface area contributed by atoms with Gasteiger partial charge in [-0.1, -0.05) is 48.2 Å². The van der Waals surface area contributed by atoms with Crippen LogP contribution in [-0.2, 0) is 32.1 Å². The molecule has 3 aromatic carbocycles. The number of ether oxygens (including phenoxy) is 8. The van der Waals surface area contributed by atoms with Crippen LogP contribution in [-0.4, -0.2) is 93.3 Å². The second-order valence-electron chi connectivity index (χ2n) is 15.0. The Morgan fingerprint density at radius 1 is 0.730 bits per heavy atom. The summed E-state index contributed by atoms with van der Waals surface area (Å²) in [5.41, 5.74) is 7.58. The van der Waals surface area contributed by atoms with Crippen molar-refractivity contribution in [1.29, 1.82) is 0 Å². The average molecular weight is 851 g/mol. The van der Waals surface area contributed by atoms with E-state index in [4.69, 9.17) is 42.9 Å². The van der Waals surface area contributed by atoms with Gasteiger partial charge in [0.1, 0.15) is 49.3 Å². The van der Waals surface area contributed by atoms with Crippen LogP contribution in [0.15, 0.2) is 120 Å². The predicted molar refractivity (Wildman–Crippen MR) is 239 cm³/mol. The molecule has 2 atom stereocenters. The SMILES string of the molecule is COc1cc(OC[C@H]2COCCO2)cc(-c2ccc(OCc3cccc(-c4ccccc4NCC#Cc4cccc(Cn5c(C)cc(OC[C@H]6COCCO6)cc5=O)c4)n3)cc2)n1. The van der Waals surface area contributed by atoms with Gasteiger partial charge in [-0.2, -0.15) is 0 Å². The Kier molecular flexibility index (Phi) is 14.6. The lowest BCUT2D eigenvalue weighted by Gasteiger charge is -2.23. The fourth-order valence-corrected chi connectivity index (χ4v) is 7.11. The highest BCUT2D eigenvalue weighted by atomic mass is 16.6. The van der Waals surface area contributed by atoms with Gasteiger partial charge >= 0.3 is 0 Å². The molecule has 2 fully saturated rings. The minimum Gasteiger partial charge on any atom is -0.491 e. The number of rotatable bonds is 16. The number of pyridine rings is 3. The fourth-order valence-electron chi connectivity index (χ4n) is 7.11. The Morgan fingerprint density at radius 2 is 1.48 bits per heavy atom. The van der Waals surface area contributed by atoms with Crippen molar-refractivity contribution in [3.63, 3.8) is 0 Å². The lowest BCUT2D eigenvalue weighted by atomic mass is 10.1. The van der Waals surface area contributed by atoms with Gasteiger partial charge in [0.05, 0.1) is 76.9 Å². The largest absolute Gasteiger partial charge is 0.491 e. The van der Waals surface area contributed by atoms with Crippen LogP contribution in [0.2, 0.25) is 0 Å². The number of nitrogens with zero attached hydrogens (tertiary/aromatic N) is 3. The molecule has 2 saturated heterocycles. The molecule has 0 amide bonds. The fraction of sp³-hybridized carbons (Fsp3) is 0.300. The Hall–Kier alpha value is -6.69. The van der Waals surface area contributed by atoms with E-state index in [2.05, 4.69) is 22.1 Å². The van der Waals surface area contributed by atoms with Gasteiger partial charge in [0.2, 0.25) is 5.88 Å². The van der Waals surface area contributed by atoms with Crippen molar-refractivity contribution in [2.75, 3.05) is 71.8 Å². The van der Waals surface area contributed by atoms with E-state index >= 15 is 0 Å². The van der Waals surface area contributed by atoms with Crippen molar-refractivity contribution in [3.05, 3.63) is 148 Å². The van der Waals surface area contributed by atoms with Crippen LogP contribution in [0, 0.1) is 18.8 Å². The molecular weight excluding hydrogens is 801 g/mol. The Bertz CT molecular complexity index is 2570. The molecule has 6 aromatic rings. The van der Waals surface area contributed by atoms with E-state index in [-0.39, 0.29) is 24.4 Å². The zero-order valence-corrected chi connectivity index (χ0v) is 35.4. The number of nitrogens with one attached hydrogen (secondary N) is 1. The van der Waals surface area contributed by atoms with E-state index in [0.717, 1.165) is 45.0 Å².